The maximum Gasteiger partial charge on any atom is 0.336 e. The highest BCUT2D eigenvalue weighted by molar-refractivity contribution is 6.05. The molecule has 0 atom stereocenters. The number of methoxy groups -OCH3 is 3. The number of aromatic nitrogens is 4. The van der Waals surface area contributed by atoms with Gasteiger partial charge in [-0.1, -0.05) is 30.3 Å². The Morgan fingerprint density at radius 2 is 1.02 bits per heavy atom. The minimum absolute atomic E-state index is 0.304. The first-order chi connectivity index (χ1) is 21.3. The fourth-order valence-corrected chi connectivity index (χ4v) is 4.40. The Morgan fingerprint density at radius 3 is 1.52 bits per heavy atom. The lowest BCUT2D eigenvalue weighted by Gasteiger charge is -2.09. The lowest BCUT2D eigenvalue weighted by Crippen LogP contribution is -2.08. The zero-order chi connectivity index (χ0) is 31.2. The van der Waals surface area contributed by atoms with Crippen LogP contribution in [-0.2, 0) is 0 Å². The van der Waals surface area contributed by atoms with Crippen molar-refractivity contribution in [2.75, 3.05) is 21.3 Å². The van der Waals surface area contributed by atoms with Crippen molar-refractivity contribution < 1.29 is 34.0 Å². The van der Waals surface area contributed by atoms with Crippen molar-refractivity contribution in [1.29, 1.82) is 0 Å². The van der Waals surface area contributed by atoms with Crippen LogP contribution < -0.4 is 14.2 Å². The van der Waals surface area contributed by atoms with Crippen LogP contribution in [0.25, 0.3) is 44.6 Å². The van der Waals surface area contributed by atoms with Crippen LogP contribution in [0.5, 0.6) is 17.2 Å². The van der Waals surface area contributed by atoms with Crippen LogP contribution in [0.3, 0.4) is 0 Å². The summed E-state index contributed by atoms with van der Waals surface area (Å²) in [6.45, 7) is 0. The Kier molecular flexibility index (Phi) is 8.57. The van der Waals surface area contributed by atoms with Gasteiger partial charge in [0.15, 0.2) is 11.5 Å². The van der Waals surface area contributed by atoms with E-state index in [9.17, 15) is 9.59 Å². The van der Waals surface area contributed by atoms with E-state index in [1.807, 2.05) is 66.7 Å². The summed E-state index contributed by atoms with van der Waals surface area (Å²) >= 11 is 0. The molecular formula is C33H26N4O7. The summed E-state index contributed by atoms with van der Waals surface area (Å²) in [5.74, 6) is -0.541. The Hall–Kier alpha value is -6.10. The van der Waals surface area contributed by atoms with Gasteiger partial charge in [0, 0.05) is 23.3 Å². The van der Waals surface area contributed by atoms with Gasteiger partial charge in [-0.05, 0) is 36.4 Å². The van der Waals surface area contributed by atoms with E-state index in [4.69, 9.17) is 24.4 Å². The molecule has 220 valence electrons. The number of ether oxygens (including phenoxy) is 3. The number of benzene rings is 4. The summed E-state index contributed by atoms with van der Waals surface area (Å²) in [6, 6.07) is 23.1. The number of aromatic carboxylic acids is 2. The molecule has 44 heavy (non-hydrogen) atoms. The first-order valence-electron chi connectivity index (χ1n) is 13.2. The number of fused-ring (bicyclic) bond motifs is 2. The number of carboxylic acids is 2. The highest BCUT2D eigenvalue weighted by atomic mass is 16.5. The summed E-state index contributed by atoms with van der Waals surface area (Å²) in [7, 11) is 4.85. The molecule has 6 rings (SSSR count). The second-order valence-electron chi connectivity index (χ2n) is 9.30. The Morgan fingerprint density at radius 1 is 0.568 bits per heavy atom. The topological polar surface area (TPSA) is 154 Å². The maximum atomic E-state index is 11.2. The van der Waals surface area contributed by atoms with Crippen molar-refractivity contribution in [2.24, 2.45) is 0 Å². The van der Waals surface area contributed by atoms with Gasteiger partial charge in [-0.15, -0.1) is 0 Å². The molecule has 6 aromatic rings. The van der Waals surface area contributed by atoms with Crippen LogP contribution in [0.15, 0.2) is 91.3 Å². The van der Waals surface area contributed by atoms with Gasteiger partial charge >= 0.3 is 11.9 Å². The average molecular weight is 591 g/mol. The first-order valence-corrected chi connectivity index (χ1v) is 13.2. The minimum Gasteiger partial charge on any atom is -0.497 e. The van der Waals surface area contributed by atoms with Crippen LogP contribution in [-0.4, -0.2) is 63.4 Å². The van der Waals surface area contributed by atoms with Crippen molar-refractivity contribution in [3.8, 4) is 39.8 Å². The molecule has 4 aromatic carbocycles. The Bertz CT molecular complexity index is 1980. The molecule has 0 aliphatic carbocycles. The molecule has 2 aromatic heterocycles. The predicted molar refractivity (Wildman–Crippen MR) is 164 cm³/mol. The lowest BCUT2D eigenvalue weighted by atomic mass is 10.1. The summed E-state index contributed by atoms with van der Waals surface area (Å²) in [6.07, 6.45) is 3.28. The van der Waals surface area contributed by atoms with Gasteiger partial charge in [-0.3, -0.25) is 9.97 Å². The molecule has 0 bridgehead atoms. The largest absolute Gasteiger partial charge is 0.497 e. The monoisotopic (exact) mass is 590 g/mol. The van der Waals surface area contributed by atoms with Crippen LogP contribution in [0.1, 0.15) is 20.7 Å². The highest BCUT2D eigenvalue weighted by Crippen LogP contribution is 2.31. The lowest BCUT2D eigenvalue weighted by molar-refractivity contribution is 0.0652. The maximum absolute atomic E-state index is 11.2. The van der Waals surface area contributed by atoms with E-state index < -0.39 is 11.9 Å². The van der Waals surface area contributed by atoms with Crippen LogP contribution in [0, 0.1) is 0 Å². The smallest absolute Gasteiger partial charge is 0.336 e. The van der Waals surface area contributed by atoms with E-state index >= 15 is 0 Å². The summed E-state index contributed by atoms with van der Waals surface area (Å²) < 4.78 is 15.8. The molecule has 2 heterocycles. The van der Waals surface area contributed by atoms with E-state index in [1.165, 1.54) is 18.3 Å². The highest BCUT2D eigenvalue weighted by Gasteiger charge is 2.18. The van der Waals surface area contributed by atoms with Gasteiger partial charge in [-0.25, -0.2) is 19.6 Å². The number of hydrogen-bond donors (Lipinski definition) is 2. The molecule has 0 unspecified atom stereocenters. The molecule has 0 spiro atoms. The molecule has 0 aliphatic rings. The third-order valence-electron chi connectivity index (χ3n) is 6.65. The van der Waals surface area contributed by atoms with Crippen molar-refractivity contribution >= 4 is 34.0 Å². The van der Waals surface area contributed by atoms with E-state index in [0.29, 0.717) is 28.2 Å². The minimum atomic E-state index is -1.31. The molecule has 0 radical (unpaired) electrons. The van der Waals surface area contributed by atoms with Gasteiger partial charge in [0.2, 0.25) is 0 Å². The van der Waals surface area contributed by atoms with Crippen molar-refractivity contribution in [3.05, 3.63) is 102 Å². The molecule has 11 heteroatoms. The standard InChI is InChI=1S/C17H16N2O3.C16H10N2O4/c1-20-12-6-4-11(5-7-12)15-10-18-13-8-16(21-2)17(22-3)9-14(13)19-15;19-15(20)10-6-12-13(7-11(10)16(21)22)18-14(8-17-12)9-4-2-1-3-5-9/h4-10H,1-3H3;1-8H,(H,19,20)(H,21,22). The zero-order valence-corrected chi connectivity index (χ0v) is 23.9. The van der Waals surface area contributed by atoms with Gasteiger partial charge in [-0.2, -0.15) is 0 Å². The number of hydrogen-bond acceptors (Lipinski definition) is 9. The normalized spacial score (nSPS) is 10.5. The second-order valence-corrected chi connectivity index (χ2v) is 9.30. The second kappa shape index (κ2) is 12.8. The molecular weight excluding hydrogens is 564 g/mol. The summed E-state index contributed by atoms with van der Waals surface area (Å²) in [5, 5.41) is 18.2. The van der Waals surface area contributed by atoms with Crippen molar-refractivity contribution in [1.82, 2.24) is 19.9 Å². The molecule has 11 nitrogen and oxygen atoms in total. The van der Waals surface area contributed by atoms with Crippen LogP contribution in [0.4, 0.5) is 0 Å². The molecule has 0 aliphatic heterocycles. The Balaban J connectivity index is 0.000000175. The molecule has 0 saturated carbocycles. The van der Waals surface area contributed by atoms with E-state index in [1.54, 1.807) is 27.5 Å². The fourth-order valence-electron chi connectivity index (χ4n) is 4.40. The van der Waals surface area contributed by atoms with Crippen LogP contribution >= 0.6 is 0 Å². The van der Waals surface area contributed by atoms with Gasteiger partial charge in [0.1, 0.15) is 5.75 Å². The fraction of sp³-hybridized carbons (Fsp3) is 0.0909. The van der Waals surface area contributed by atoms with E-state index in [2.05, 4.69) is 19.9 Å². The summed E-state index contributed by atoms with van der Waals surface area (Å²) in [4.78, 5) is 40.0. The third-order valence-corrected chi connectivity index (χ3v) is 6.65. The molecule has 0 fully saturated rings. The number of carboxylic acid groups (broad SMARTS) is 2. The number of carbonyl (C=O) groups is 2. The SMILES string of the molecule is COc1ccc(-c2cnc3cc(OC)c(OC)cc3n2)cc1.O=C(O)c1cc2ncc(-c3ccccc3)nc2cc1C(=O)O. The van der Waals surface area contributed by atoms with E-state index in [-0.39, 0.29) is 11.1 Å². The first kappa shape index (κ1) is 29.4. The van der Waals surface area contributed by atoms with Crippen molar-refractivity contribution in [2.45, 2.75) is 0 Å². The molecule has 2 N–H and O–H groups in total. The molecule has 0 saturated heterocycles. The van der Waals surface area contributed by atoms with Crippen LogP contribution in [0.2, 0.25) is 0 Å². The quantitative estimate of drug-likeness (QED) is 0.224. The molecule has 0 amide bonds. The summed E-state index contributed by atoms with van der Waals surface area (Å²) in [5.41, 5.74) is 4.78. The predicted octanol–water partition coefficient (Wildman–Crippen LogP) is 6.02. The third kappa shape index (κ3) is 6.21. The van der Waals surface area contributed by atoms with Crippen molar-refractivity contribution in [3.63, 3.8) is 0 Å². The van der Waals surface area contributed by atoms with Gasteiger partial charge in [0.05, 0.1) is 78.3 Å². The number of nitrogens with zero attached hydrogens (tertiary/aromatic N) is 4. The van der Waals surface area contributed by atoms with Gasteiger partial charge < -0.3 is 24.4 Å². The van der Waals surface area contributed by atoms with E-state index in [0.717, 1.165) is 33.6 Å². The van der Waals surface area contributed by atoms with Gasteiger partial charge in [0.25, 0.3) is 0 Å². The number of rotatable bonds is 7. The zero-order valence-electron chi connectivity index (χ0n) is 23.9. The average Bonchev–Trinajstić information content (AvgIpc) is 3.07. The Labute approximate surface area is 251 Å².